The molecule has 4 heteroatoms. The SMILES string of the molecule is CNc1cc(-c2nnco2)ccc1C. The van der Waals surface area contributed by atoms with Crippen LogP contribution in [0, 0.1) is 6.92 Å². The highest BCUT2D eigenvalue weighted by Gasteiger charge is 2.05. The number of benzene rings is 1. The molecule has 4 nitrogen and oxygen atoms in total. The molecule has 1 aromatic carbocycles. The van der Waals surface area contributed by atoms with Crippen molar-refractivity contribution in [1.29, 1.82) is 0 Å². The fourth-order valence-corrected chi connectivity index (χ4v) is 1.32. The van der Waals surface area contributed by atoms with Crippen molar-refractivity contribution in [2.75, 3.05) is 12.4 Å². The summed E-state index contributed by atoms with van der Waals surface area (Å²) in [6.45, 7) is 2.05. The van der Waals surface area contributed by atoms with Gasteiger partial charge in [0.25, 0.3) is 0 Å². The molecule has 14 heavy (non-hydrogen) atoms. The smallest absolute Gasteiger partial charge is 0.247 e. The molecule has 0 spiro atoms. The van der Waals surface area contributed by atoms with E-state index in [1.54, 1.807) is 0 Å². The Morgan fingerprint density at radius 1 is 1.36 bits per heavy atom. The summed E-state index contributed by atoms with van der Waals surface area (Å²) >= 11 is 0. The van der Waals surface area contributed by atoms with Gasteiger partial charge < -0.3 is 9.73 Å². The molecule has 0 bridgehead atoms. The maximum atomic E-state index is 5.11. The second-order valence-electron chi connectivity index (χ2n) is 3.02. The van der Waals surface area contributed by atoms with Gasteiger partial charge in [-0.05, 0) is 24.6 Å². The molecular weight excluding hydrogens is 178 g/mol. The molecule has 0 fully saturated rings. The van der Waals surface area contributed by atoms with E-state index in [1.165, 1.54) is 12.0 Å². The van der Waals surface area contributed by atoms with Crippen LogP contribution >= 0.6 is 0 Å². The van der Waals surface area contributed by atoms with E-state index in [-0.39, 0.29) is 0 Å². The van der Waals surface area contributed by atoms with Crippen LogP contribution in [0.4, 0.5) is 5.69 Å². The number of hydrogen-bond donors (Lipinski definition) is 1. The van der Waals surface area contributed by atoms with Crippen LogP contribution in [0.15, 0.2) is 29.0 Å². The number of rotatable bonds is 2. The summed E-state index contributed by atoms with van der Waals surface area (Å²) in [7, 11) is 1.89. The average molecular weight is 189 g/mol. The van der Waals surface area contributed by atoms with Gasteiger partial charge in [-0.2, -0.15) is 0 Å². The Labute approximate surface area is 82.0 Å². The van der Waals surface area contributed by atoms with Crippen molar-refractivity contribution < 1.29 is 4.42 Å². The molecular formula is C10H11N3O. The highest BCUT2D eigenvalue weighted by molar-refractivity contribution is 5.63. The monoisotopic (exact) mass is 189 g/mol. The van der Waals surface area contributed by atoms with Crippen molar-refractivity contribution in [3.8, 4) is 11.5 Å². The maximum Gasteiger partial charge on any atom is 0.247 e. The Morgan fingerprint density at radius 2 is 2.21 bits per heavy atom. The van der Waals surface area contributed by atoms with Crippen LogP contribution in [-0.4, -0.2) is 17.2 Å². The Balaban J connectivity index is 2.46. The average Bonchev–Trinajstić information content (AvgIpc) is 2.71. The van der Waals surface area contributed by atoms with Crippen LogP contribution in [-0.2, 0) is 0 Å². The molecule has 72 valence electrons. The molecule has 2 rings (SSSR count). The minimum absolute atomic E-state index is 0.543. The molecule has 0 aliphatic rings. The highest BCUT2D eigenvalue weighted by atomic mass is 16.4. The lowest BCUT2D eigenvalue weighted by Crippen LogP contribution is -1.92. The van der Waals surface area contributed by atoms with E-state index in [2.05, 4.69) is 15.5 Å². The molecule has 1 heterocycles. The fourth-order valence-electron chi connectivity index (χ4n) is 1.32. The first-order chi connectivity index (χ1) is 6.81. The number of nitrogens with one attached hydrogen (secondary N) is 1. The van der Waals surface area contributed by atoms with Gasteiger partial charge in [-0.3, -0.25) is 0 Å². The minimum atomic E-state index is 0.543. The largest absolute Gasteiger partial charge is 0.423 e. The van der Waals surface area contributed by atoms with Gasteiger partial charge >= 0.3 is 0 Å². The highest BCUT2D eigenvalue weighted by Crippen LogP contribution is 2.23. The van der Waals surface area contributed by atoms with Crippen molar-refractivity contribution >= 4 is 5.69 Å². The van der Waals surface area contributed by atoms with Gasteiger partial charge in [0.15, 0.2) is 0 Å². The van der Waals surface area contributed by atoms with E-state index >= 15 is 0 Å². The summed E-state index contributed by atoms with van der Waals surface area (Å²) in [5.41, 5.74) is 3.19. The summed E-state index contributed by atoms with van der Waals surface area (Å²) in [6.07, 6.45) is 1.33. The lowest BCUT2D eigenvalue weighted by Gasteiger charge is -2.05. The van der Waals surface area contributed by atoms with Crippen LogP contribution < -0.4 is 5.32 Å². The van der Waals surface area contributed by atoms with E-state index in [0.717, 1.165) is 11.3 Å². The fraction of sp³-hybridized carbons (Fsp3) is 0.200. The quantitative estimate of drug-likeness (QED) is 0.785. The van der Waals surface area contributed by atoms with E-state index in [4.69, 9.17) is 4.42 Å². The lowest BCUT2D eigenvalue weighted by molar-refractivity contribution is 0.568. The van der Waals surface area contributed by atoms with Gasteiger partial charge in [-0.25, -0.2) is 0 Å². The molecule has 2 aromatic rings. The molecule has 0 saturated carbocycles. The zero-order chi connectivity index (χ0) is 9.97. The van der Waals surface area contributed by atoms with E-state index < -0.39 is 0 Å². The molecule has 0 aliphatic heterocycles. The molecule has 0 radical (unpaired) electrons. The number of hydrogen-bond acceptors (Lipinski definition) is 4. The van der Waals surface area contributed by atoms with Gasteiger partial charge in [0.2, 0.25) is 12.3 Å². The number of anilines is 1. The standard InChI is InChI=1S/C10H11N3O/c1-7-3-4-8(5-9(7)11-2)10-13-12-6-14-10/h3-6,11H,1-2H3. The minimum Gasteiger partial charge on any atom is -0.423 e. The van der Waals surface area contributed by atoms with E-state index in [9.17, 15) is 0 Å². The first kappa shape index (κ1) is 8.74. The predicted octanol–water partition coefficient (Wildman–Crippen LogP) is 2.09. The van der Waals surface area contributed by atoms with Gasteiger partial charge in [0.1, 0.15) is 0 Å². The van der Waals surface area contributed by atoms with Crippen molar-refractivity contribution in [3.05, 3.63) is 30.2 Å². The molecule has 1 N–H and O–H groups in total. The van der Waals surface area contributed by atoms with Crippen LogP contribution in [0.2, 0.25) is 0 Å². The Hall–Kier alpha value is -1.84. The molecule has 0 saturated heterocycles. The van der Waals surface area contributed by atoms with Gasteiger partial charge in [0.05, 0.1) is 0 Å². The zero-order valence-corrected chi connectivity index (χ0v) is 8.11. The summed E-state index contributed by atoms with van der Waals surface area (Å²) in [4.78, 5) is 0. The maximum absolute atomic E-state index is 5.11. The van der Waals surface area contributed by atoms with Crippen molar-refractivity contribution in [1.82, 2.24) is 10.2 Å². The Bertz CT molecular complexity index is 423. The topological polar surface area (TPSA) is 51.0 Å². The van der Waals surface area contributed by atoms with Crippen molar-refractivity contribution in [3.63, 3.8) is 0 Å². The van der Waals surface area contributed by atoms with Crippen LogP contribution in [0.1, 0.15) is 5.56 Å². The van der Waals surface area contributed by atoms with E-state index in [1.807, 2.05) is 32.2 Å². The lowest BCUT2D eigenvalue weighted by atomic mass is 10.1. The van der Waals surface area contributed by atoms with E-state index in [0.29, 0.717) is 5.89 Å². The van der Waals surface area contributed by atoms with Gasteiger partial charge in [0, 0.05) is 18.3 Å². The number of aromatic nitrogens is 2. The second-order valence-corrected chi connectivity index (χ2v) is 3.02. The first-order valence-electron chi connectivity index (χ1n) is 4.36. The zero-order valence-electron chi connectivity index (χ0n) is 8.11. The molecule has 0 amide bonds. The van der Waals surface area contributed by atoms with Gasteiger partial charge in [-0.1, -0.05) is 6.07 Å². The molecule has 0 unspecified atom stereocenters. The molecule has 0 aliphatic carbocycles. The van der Waals surface area contributed by atoms with Crippen LogP contribution in [0.25, 0.3) is 11.5 Å². The van der Waals surface area contributed by atoms with Crippen LogP contribution in [0.3, 0.4) is 0 Å². The number of aryl methyl sites for hydroxylation is 1. The van der Waals surface area contributed by atoms with Gasteiger partial charge in [-0.15, -0.1) is 10.2 Å². The van der Waals surface area contributed by atoms with Crippen molar-refractivity contribution in [2.45, 2.75) is 6.92 Å². The number of nitrogens with zero attached hydrogens (tertiary/aromatic N) is 2. The summed E-state index contributed by atoms with van der Waals surface area (Å²) in [5, 5.41) is 10.6. The normalized spacial score (nSPS) is 10.1. The Morgan fingerprint density at radius 3 is 2.86 bits per heavy atom. The molecule has 1 aromatic heterocycles. The first-order valence-corrected chi connectivity index (χ1v) is 4.36. The van der Waals surface area contributed by atoms with Crippen LogP contribution in [0.5, 0.6) is 0 Å². The third kappa shape index (κ3) is 1.46. The summed E-state index contributed by atoms with van der Waals surface area (Å²) in [5.74, 6) is 0.543. The summed E-state index contributed by atoms with van der Waals surface area (Å²) in [6, 6.07) is 5.97. The third-order valence-electron chi connectivity index (χ3n) is 2.11. The second kappa shape index (κ2) is 3.49. The molecule has 0 atom stereocenters. The Kier molecular flexibility index (Phi) is 2.18. The third-order valence-corrected chi connectivity index (χ3v) is 2.11. The predicted molar refractivity (Wildman–Crippen MR) is 54.0 cm³/mol. The summed E-state index contributed by atoms with van der Waals surface area (Å²) < 4.78 is 5.11. The van der Waals surface area contributed by atoms with Crippen molar-refractivity contribution in [2.24, 2.45) is 0 Å².